The zero-order chi connectivity index (χ0) is 17.1. The fourth-order valence-electron chi connectivity index (χ4n) is 3.25. The second kappa shape index (κ2) is 6.88. The van der Waals surface area contributed by atoms with Crippen molar-refractivity contribution < 1.29 is 0 Å². The van der Waals surface area contributed by atoms with Crippen LogP contribution < -0.4 is 0 Å². The SMILES string of the molecule is CCc1cccc(C)c1-n1c(C)cc(C=Nc2ccccc2)c1C. The van der Waals surface area contributed by atoms with Crippen molar-refractivity contribution in [2.24, 2.45) is 4.99 Å². The molecule has 0 amide bonds. The van der Waals surface area contributed by atoms with Gasteiger partial charge in [0.1, 0.15) is 0 Å². The predicted molar refractivity (Wildman–Crippen MR) is 103 cm³/mol. The molecule has 0 aliphatic rings. The molecule has 0 radical (unpaired) electrons. The largest absolute Gasteiger partial charge is 0.317 e. The van der Waals surface area contributed by atoms with Crippen LogP contribution in [0.2, 0.25) is 0 Å². The zero-order valence-corrected chi connectivity index (χ0v) is 14.9. The third-order valence-electron chi connectivity index (χ3n) is 4.51. The van der Waals surface area contributed by atoms with Crippen molar-refractivity contribution in [2.45, 2.75) is 34.1 Å². The maximum absolute atomic E-state index is 4.61. The minimum Gasteiger partial charge on any atom is -0.317 e. The van der Waals surface area contributed by atoms with E-state index in [1.807, 2.05) is 36.5 Å². The minimum atomic E-state index is 0.979. The first-order valence-electron chi connectivity index (χ1n) is 8.48. The van der Waals surface area contributed by atoms with Gasteiger partial charge >= 0.3 is 0 Å². The van der Waals surface area contributed by atoms with Gasteiger partial charge in [0.2, 0.25) is 0 Å². The van der Waals surface area contributed by atoms with Gasteiger partial charge in [0.05, 0.1) is 11.4 Å². The summed E-state index contributed by atoms with van der Waals surface area (Å²) >= 11 is 0. The van der Waals surface area contributed by atoms with Crippen LogP contribution in [-0.4, -0.2) is 10.8 Å². The van der Waals surface area contributed by atoms with Gasteiger partial charge in [-0.1, -0.05) is 43.3 Å². The van der Waals surface area contributed by atoms with Gasteiger partial charge in [0.15, 0.2) is 0 Å². The van der Waals surface area contributed by atoms with Crippen LogP contribution in [0.1, 0.15) is 35.0 Å². The minimum absolute atomic E-state index is 0.979. The quantitative estimate of drug-likeness (QED) is 0.548. The molecule has 0 spiro atoms. The number of nitrogens with zero attached hydrogens (tertiary/aromatic N) is 2. The maximum Gasteiger partial charge on any atom is 0.0629 e. The number of aryl methyl sites for hydroxylation is 3. The topological polar surface area (TPSA) is 17.3 Å². The molecular formula is C22H24N2. The highest BCUT2D eigenvalue weighted by Gasteiger charge is 2.13. The lowest BCUT2D eigenvalue weighted by Gasteiger charge is -2.17. The Labute approximate surface area is 144 Å². The van der Waals surface area contributed by atoms with Crippen molar-refractivity contribution in [2.75, 3.05) is 0 Å². The number of benzene rings is 2. The van der Waals surface area contributed by atoms with Crippen LogP contribution in [-0.2, 0) is 6.42 Å². The average Bonchev–Trinajstić information content (AvgIpc) is 2.87. The van der Waals surface area contributed by atoms with Gasteiger partial charge in [0.25, 0.3) is 0 Å². The molecule has 0 saturated carbocycles. The Morgan fingerprint density at radius 3 is 2.42 bits per heavy atom. The molecule has 3 rings (SSSR count). The smallest absolute Gasteiger partial charge is 0.0629 e. The standard InChI is InChI=1S/C22H24N2/c1-5-19-11-9-10-16(2)22(19)24-17(3)14-20(18(24)4)15-23-21-12-7-6-8-13-21/h6-15H,5H2,1-4H3. The fourth-order valence-corrected chi connectivity index (χ4v) is 3.25. The molecule has 1 heterocycles. The summed E-state index contributed by atoms with van der Waals surface area (Å²) in [5.41, 5.74) is 8.62. The molecule has 2 aromatic carbocycles. The van der Waals surface area contributed by atoms with E-state index in [9.17, 15) is 0 Å². The highest BCUT2D eigenvalue weighted by molar-refractivity contribution is 5.84. The average molecular weight is 316 g/mol. The second-order valence-corrected chi connectivity index (χ2v) is 6.19. The number of hydrogen-bond acceptors (Lipinski definition) is 1. The van der Waals surface area contributed by atoms with Gasteiger partial charge in [-0.25, -0.2) is 0 Å². The Morgan fingerprint density at radius 1 is 0.958 bits per heavy atom. The molecule has 0 fully saturated rings. The van der Waals surface area contributed by atoms with Crippen LogP contribution in [0.15, 0.2) is 59.6 Å². The summed E-state index contributed by atoms with van der Waals surface area (Å²) in [6.45, 7) is 8.74. The summed E-state index contributed by atoms with van der Waals surface area (Å²) in [4.78, 5) is 4.61. The van der Waals surface area contributed by atoms with E-state index in [0.29, 0.717) is 0 Å². The molecule has 0 saturated heterocycles. The van der Waals surface area contributed by atoms with Crippen molar-refractivity contribution in [1.82, 2.24) is 4.57 Å². The number of hydrogen-bond donors (Lipinski definition) is 0. The molecule has 1 aromatic heterocycles. The van der Waals surface area contributed by atoms with Gasteiger partial charge in [-0.05, 0) is 56.5 Å². The summed E-state index contributed by atoms with van der Waals surface area (Å²) in [5, 5.41) is 0. The van der Waals surface area contributed by atoms with Crippen LogP contribution in [0.5, 0.6) is 0 Å². The fraction of sp³-hybridized carbons (Fsp3) is 0.227. The normalized spacial score (nSPS) is 11.3. The lowest BCUT2D eigenvalue weighted by molar-refractivity contribution is 0.926. The third-order valence-corrected chi connectivity index (χ3v) is 4.51. The number of rotatable bonds is 4. The molecule has 0 N–H and O–H groups in total. The highest BCUT2D eigenvalue weighted by Crippen LogP contribution is 2.26. The summed E-state index contributed by atoms with van der Waals surface area (Å²) in [5.74, 6) is 0. The Kier molecular flexibility index (Phi) is 4.66. The van der Waals surface area contributed by atoms with Gasteiger partial charge < -0.3 is 4.57 Å². The first kappa shape index (κ1) is 16.3. The Bertz CT molecular complexity index is 870. The van der Waals surface area contributed by atoms with Crippen LogP contribution in [0.4, 0.5) is 5.69 Å². The molecule has 2 heteroatoms. The Morgan fingerprint density at radius 2 is 1.71 bits per heavy atom. The Hall–Kier alpha value is -2.61. The first-order valence-corrected chi connectivity index (χ1v) is 8.48. The van der Waals surface area contributed by atoms with Crippen molar-refractivity contribution in [3.63, 3.8) is 0 Å². The number of aliphatic imine (C=N–C) groups is 1. The molecule has 0 bridgehead atoms. The van der Waals surface area contributed by atoms with E-state index in [-0.39, 0.29) is 0 Å². The molecule has 0 aliphatic carbocycles. The number of aromatic nitrogens is 1. The van der Waals surface area contributed by atoms with Gasteiger partial charge in [0, 0.05) is 23.2 Å². The molecule has 3 aromatic rings. The van der Waals surface area contributed by atoms with Crippen molar-refractivity contribution in [3.05, 3.63) is 82.7 Å². The van der Waals surface area contributed by atoms with E-state index in [2.05, 4.69) is 61.5 Å². The van der Waals surface area contributed by atoms with Crippen LogP contribution >= 0.6 is 0 Å². The van der Waals surface area contributed by atoms with E-state index in [0.717, 1.165) is 12.1 Å². The van der Waals surface area contributed by atoms with Crippen molar-refractivity contribution in [1.29, 1.82) is 0 Å². The molecular weight excluding hydrogens is 292 g/mol. The van der Waals surface area contributed by atoms with Gasteiger partial charge in [-0.15, -0.1) is 0 Å². The summed E-state index contributed by atoms with van der Waals surface area (Å²) < 4.78 is 2.36. The van der Waals surface area contributed by atoms with E-state index in [1.165, 1.54) is 33.8 Å². The second-order valence-electron chi connectivity index (χ2n) is 6.19. The molecule has 0 unspecified atom stereocenters. The summed E-state index contributed by atoms with van der Waals surface area (Å²) in [7, 11) is 0. The summed E-state index contributed by atoms with van der Waals surface area (Å²) in [6.07, 6.45) is 3.00. The van der Waals surface area contributed by atoms with Crippen LogP contribution in [0.3, 0.4) is 0 Å². The van der Waals surface area contributed by atoms with E-state index >= 15 is 0 Å². The molecule has 0 atom stereocenters. The number of para-hydroxylation sites is 2. The van der Waals surface area contributed by atoms with Crippen LogP contribution in [0, 0.1) is 20.8 Å². The van der Waals surface area contributed by atoms with E-state index < -0.39 is 0 Å². The van der Waals surface area contributed by atoms with Gasteiger partial charge in [-0.2, -0.15) is 0 Å². The molecule has 2 nitrogen and oxygen atoms in total. The van der Waals surface area contributed by atoms with E-state index in [1.54, 1.807) is 0 Å². The molecule has 0 aliphatic heterocycles. The zero-order valence-electron chi connectivity index (χ0n) is 14.9. The molecule has 24 heavy (non-hydrogen) atoms. The lowest BCUT2D eigenvalue weighted by atomic mass is 10.1. The van der Waals surface area contributed by atoms with E-state index in [4.69, 9.17) is 0 Å². The Balaban J connectivity index is 2.07. The first-order chi connectivity index (χ1) is 11.6. The predicted octanol–water partition coefficient (Wildman–Crippen LogP) is 5.72. The third kappa shape index (κ3) is 3.05. The van der Waals surface area contributed by atoms with Gasteiger partial charge in [-0.3, -0.25) is 4.99 Å². The molecule has 122 valence electrons. The van der Waals surface area contributed by atoms with Crippen molar-refractivity contribution in [3.8, 4) is 5.69 Å². The maximum atomic E-state index is 4.61. The van der Waals surface area contributed by atoms with Crippen LogP contribution in [0.25, 0.3) is 5.69 Å². The summed E-state index contributed by atoms with van der Waals surface area (Å²) in [6, 6.07) is 18.8. The monoisotopic (exact) mass is 316 g/mol. The van der Waals surface area contributed by atoms with Crippen molar-refractivity contribution >= 4 is 11.9 Å². The lowest BCUT2D eigenvalue weighted by Crippen LogP contribution is -2.05. The highest BCUT2D eigenvalue weighted by atomic mass is 15.0.